The summed E-state index contributed by atoms with van der Waals surface area (Å²) in [7, 11) is 2.16. The molecule has 0 spiro atoms. The SMILES string of the molecule is CN1[C@@H]2CC[C@H]1CC(OC(=O)C(COC(=O)c1ccc(N)cc1)c1ccccc1)C2. The number of fused-ring (bicyclic) bond motifs is 2. The minimum atomic E-state index is -0.652. The standard InChI is InChI=1S/C24H28N2O4/c1-26-19-11-12-20(26)14-21(13-19)30-24(28)22(16-5-3-2-4-6-16)15-29-23(27)17-7-9-18(25)10-8-17/h2-10,19-22H,11-15,25H2,1H3/t19-,20+,21?,22?. The number of nitrogens with zero attached hydrogens (tertiary/aromatic N) is 1. The van der Waals surface area contributed by atoms with Crippen LogP contribution in [0.3, 0.4) is 0 Å². The van der Waals surface area contributed by atoms with E-state index in [9.17, 15) is 9.59 Å². The van der Waals surface area contributed by atoms with Crippen molar-refractivity contribution in [3.05, 3.63) is 65.7 Å². The number of nitrogen functional groups attached to an aromatic ring is 1. The molecule has 158 valence electrons. The summed E-state index contributed by atoms with van der Waals surface area (Å²) in [5.74, 6) is -1.47. The zero-order chi connectivity index (χ0) is 21.1. The van der Waals surface area contributed by atoms with Gasteiger partial charge in [0.2, 0.25) is 0 Å². The summed E-state index contributed by atoms with van der Waals surface area (Å²) in [6.07, 6.45) is 3.98. The van der Waals surface area contributed by atoms with Gasteiger partial charge in [-0.1, -0.05) is 30.3 Å². The minimum Gasteiger partial charge on any atom is -0.462 e. The molecule has 4 atom stereocenters. The molecule has 4 rings (SSSR count). The summed E-state index contributed by atoms with van der Waals surface area (Å²) >= 11 is 0. The zero-order valence-corrected chi connectivity index (χ0v) is 17.2. The third-order valence-electron chi connectivity index (χ3n) is 6.35. The number of hydrogen-bond donors (Lipinski definition) is 1. The van der Waals surface area contributed by atoms with Crippen LogP contribution in [0, 0.1) is 0 Å². The molecular weight excluding hydrogens is 380 g/mol. The van der Waals surface area contributed by atoms with E-state index in [2.05, 4.69) is 11.9 Å². The first-order valence-electron chi connectivity index (χ1n) is 10.5. The van der Waals surface area contributed by atoms with Gasteiger partial charge < -0.3 is 20.1 Å². The van der Waals surface area contributed by atoms with Crippen LogP contribution in [0.15, 0.2) is 54.6 Å². The topological polar surface area (TPSA) is 81.9 Å². The molecule has 0 aromatic heterocycles. The maximum atomic E-state index is 13.1. The average molecular weight is 408 g/mol. The van der Waals surface area contributed by atoms with E-state index in [1.165, 1.54) is 0 Å². The Labute approximate surface area is 177 Å². The maximum absolute atomic E-state index is 13.1. The van der Waals surface area contributed by atoms with Gasteiger partial charge in [-0.15, -0.1) is 0 Å². The number of carbonyl (C=O) groups is 2. The Kier molecular flexibility index (Phi) is 6.04. The van der Waals surface area contributed by atoms with E-state index >= 15 is 0 Å². The van der Waals surface area contributed by atoms with Crippen LogP contribution < -0.4 is 5.73 Å². The molecule has 2 fully saturated rings. The van der Waals surface area contributed by atoms with Gasteiger partial charge in [0.25, 0.3) is 0 Å². The van der Waals surface area contributed by atoms with Gasteiger partial charge in [0, 0.05) is 17.8 Å². The Morgan fingerprint density at radius 3 is 2.30 bits per heavy atom. The lowest BCUT2D eigenvalue weighted by Gasteiger charge is -2.36. The highest BCUT2D eigenvalue weighted by Gasteiger charge is 2.40. The summed E-state index contributed by atoms with van der Waals surface area (Å²) in [6, 6.07) is 16.8. The van der Waals surface area contributed by atoms with Gasteiger partial charge in [0.15, 0.2) is 0 Å². The van der Waals surface area contributed by atoms with Gasteiger partial charge in [0.1, 0.15) is 18.6 Å². The first kappa shape index (κ1) is 20.4. The maximum Gasteiger partial charge on any atom is 0.338 e. The van der Waals surface area contributed by atoms with Crippen molar-refractivity contribution in [2.75, 3.05) is 19.4 Å². The van der Waals surface area contributed by atoms with Crippen LogP contribution in [0.25, 0.3) is 0 Å². The number of rotatable bonds is 6. The lowest BCUT2D eigenvalue weighted by molar-refractivity contribution is -0.155. The lowest BCUT2D eigenvalue weighted by atomic mass is 9.98. The van der Waals surface area contributed by atoms with Gasteiger partial charge in [-0.3, -0.25) is 4.79 Å². The molecule has 0 aliphatic carbocycles. The third kappa shape index (κ3) is 4.49. The van der Waals surface area contributed by atoms with Crippen LogP contribution in [-0.2, 0) is 14.3 Å². The fraction of sp³-hybridized carbons (Fsp3) is 0.417. The fourth-order valence-corrected chi connectivity index (χ4v) is 4.55. The lowest BCUT2D eigenvalue weighted by Crippen LogP contribution is -2.44. The smallest absolute Gasteiger partial charge is 0.338 e. The van der Waals surface area contributed by atoms with Gasteiger partial charge >= 0.3 is 11.9 Å². The molecule has 2 unspecified atom stereocenters. The molecule has 2 aromatic carbocycles. The molecule has 0 radical (unpaired) electrons. The van der Waals surface area contributed by atoms with Crippen LogP contribution in [0.4, 0.5) is 5.69 Å². The average Bonchev–Trinajstić information content (AvgIpc) is 2.96. The Hall–Kier alpha value is -2.86. The van der Waals surface area contributed by atoms with Gasteiger partial charge in [-0.25, -0.2) is 4.79 Å². The number of piperidine rings is 1. The molecule has 2 N–H and O–H groups in total. The zero-order valence-electron chi connectivity index (χ0n) is 17.2. The number of ether oxygens (including phenoxy) is 2. The molecule has 2 heterocycles. The molecule has 2 saturated heterocycles. The summed E-state index contributed by atoms with van der Waals surface area (Å²) in [5, 5.41) is 0. The fourth-order valence-electron chi connectivity index (χ4n) is 4.55. The van der Waals surface area contributed by atoms with Crippen molar-refractivity contribution in [2.45, 2.75) is 49.8 Å². The Balaban J connectivity index is 1.43. The van der Waals surface area contributed by atoms with E-state index < -0.39 is 11.9 Å². The van der Waals surface area contributed by atoms with E-state index in [-0.39, 0.29) is 18.7 Å². The molecule has 0 saturated carbocycles. The number of nitrogens with two attached hydrogens (primary N) is 1. The highest BCUT2D eigenvalue weighted by molar-refractivity contribution is 5.90. The Morgan fingerprint density at radius 1 is 1.03 bits per heavy atom. The summed E-state index contributed by atoms with van der Waals surface area (Å²) in [5.41, 5.74) is 7.42. The van der Waals surface area contributed by atoms with Crippen molar-refractivity contribution < 1.29 is 19.1 Å². The van der Waals surface area contributed by atoms with Crippen molar-refractivity contribution in [1.29, 1.82) is 0 Å². The van der Waals surface area contributed by atoms with Crippen LogP contribution in [0.2, 0.25) is 0 Å². The third-order valence-corrected chi connectivity index (χ3v) is 6.35. The first-order chi connectivity index (χ1) is 14.5. The highest BCUT2D eigenvalue weighted by atomic mass is 16.6. The van der Waals surface area contributed by atoms with Crippen molar-refractivity contribution in [3.8, 4) is 0 Å². The Morgan fingerprint density at radius 2 is 1.67 bits per heavy atom. The summed E-state index contributed by atoms with van der Waals surface area (Å²) < 4.78 is 11.4. The number of esters is 2. The van der Waals surface area contributed by atoms with Crippen molar-refractivity contribution in [2.24, 2.45) is 0 Å². The molecule has 2 aliphatic rings. The molecule has 6 nitrogen and oxygen atoms in total. The summed E-state index contributed by atoms with van der Waals surface area (Å²) in [6.45, 7) is -0.0640. The summed E-state index contributed by atoms with van der Waals surface area (Å²) in [4.78, 5) is 27.9. The second-order valence-corrected chi connectivity index (χ2v) is 8.26. The second-order valence-electron chi connectivity index (χ2n) is 8.26. The normalized spacial score (nSPS) is 24.2. The highest BCUT2D eigenvalue weighted by Crippen LogP contribution is 2.36. The van der Waals surface area contributed by atoms with Gasteiger partial charge in [-0.2, -0.15) is 0 Å². The van der Waals surface area contributed by atoms with E-state index in [0.29, 0.717) is 23.3 Å². The molecule has 6 heteroatoms. The molecule has 0 amide bonds. The quantitative estimate of drug-likeness (QED) is 0.583. The molecule has 30 heavy (non-hydrogen) atoms. The van der Waals surface area contributed by atoms with Crippen LogP contribution in [-0.4, -0.2) is 48.7 Å². The van der Waals surface area contributed by atoms with E-state index in [0.717, 1.165) is 31.2 Å². The predicted octanol–water partition coefficient (Wildman–Crippen LogP) is 3.38. The van der Waals surface area contributed by atoms with Crippen molar-refractivity contribution in [1.82, 2.24) is 4.90 Å². The second kappa shape index (κ2) is 8.88. The van der Waals surface area contributed by atoms with Gasteiger partial charge in [-0.05, 0) is 62.6 Å². The first-order valence-corrected chi connectivity index (χ1v) is 10.5. The predicted molar refractivity (Wildman–Crippen MR) is 114 cm³/mol. The van der Waals surface area contributed by atoms with E-state index in [4.69, 9.17) is 15.2 Å². The Bertz CT molecular complexity index is 870. The van der Waals surface area contributed by atoms with E-state index in [1.54, 1.807) is 24.3 Å². The van der Waals surface area contributed by atoms with Crippen molar-refractivity contribution >= 4 is 17.6 Å². The van der Waals surface area contributed by atoms with Crippen LogP contribution >= 0.6 is 0 Å². The number of carbonyl (C=O) groups excluding carboxylic acids is 2. The minimum absolute atomic E-state index is 0.0640. The van der Waals surface area contributed by atoms with Gasteiger partial charge in [0.05, 0.1) is 5.56 Å². The monoisotopic (exact) mass is 408 g/mol. The molecule has 2 aliphatic heterocycles. The number of anilines is 1. The van der Waals surface area contributed by atoms with E-state index in [1.807, 2.05) is 30.3 Å². The molecule has 2 aromatic rings. The molecular formula is C24H28N2O4. The van der Waals surface area contributed by atoms with Crippen LogP contribution in [0.5, 0.6) is 0 Å². The molecule has 2 bridgehead atoms. The largest absolute Gasteiger partial charge is 0.462 e. The van der Waals surface area contributed by atoms with Crippen LogP contribution in [0.1, 0.15) is 47.5 Å². The number of benzene rings is 2. The number of hydrogen-bond acceptors (Lipinski definition) is 6. The van der Waals surface area contributed by atoms with Crippen molar-refractivity contribution in [3.63, 3.8) is 0 Å².